The highest BCUT2D eigenvalue weighted by atomic mass is 32.2. The molecule has 8 unspecified atom stereocenters. The van der Waals surface area contributed by atoms with Crippen LogP contribution >= 0.6 is 70.6 Å². The normalized spacial score (nSPS) is 26.1. The molecule has 16 heterocycles. The zero-order valence-corrected chi connectivity index (χ0v) is 97.8. The van der Waals surface area contributed by atoms with Crippen LogP contribution in [0.3, 0.4) is 0 Å². The molecule has 50 heteroatoms. The van der Waals surface area contributed by atoms with Crippen molar-refractivity contribution >= 4 is 173 Å². The minimum absolute atomic E-state index is 0.0219. The molecule has 0 radical (unpaired) electrons. The lowest BCUT2D eigenvalue weighted by Gasteiger charge is -2.47. The molecule has 16 fully saturated rings. The molecule has 8 spiro atoms. The van der Waals surface area contributed by atoms with E-state index in [1.807, 2.05) is 134 Å². The van der Waals surface area contributed by atoms with Gasteiger partial charge in [-0.05, 0) is 216 Å². The highest BCUT2D eigenvalue weighted by molar-refractivity contribution is 8.02. The number of sulfone groups is 2. The summed E-state index contributed by atoms with van der Waals surface area (Å²) in [5, 5.41) is 39.5. The molecular weight excluding hydrogens is 2120 g/mol. The Morgan fingerprint density at radius 2 is 0.631 bits per heavy atom. The number of likely N-dealkylation sites (tertiary alicyclic amines) is 7. The number of nitrogens with one attached hydrogen (secondary N) is 1. The molecule has 8 atom stereocenters. The Labute approximate surface area is 902 Å². The zero-order valence-electron chi connectivity index (χ0n) is 90.5. The van der Waals surface area contributed by atoms with E-state index in [4.69, 9.17) is 62.3 Å². The largest absolute Gasteiger partial charge is 0.481 e. The number of aliphatic carboxylic acids is 2. The first-order valence-corrected chi connectivity index (χ1v) is 60.5. The van der Waals surface area contributed by atoms with Crippen LogP contribution in [-0.2, 0) is 105 Å². The van der Waals surface area contributed by atoms with Gasteiger partial charge in [0.25, 0.3) is 10.1 Å². The smallest absolute Gasteiger partial charge is 0.410 e. The van der Waals surface area contributed by atoms with E-state index in [0.29, 0.717) is 81.5 Å². The molecule has 1 aromatic carbocycles. The topological polar surface area (TPSA) is 528 Å². The number of nitrogens with zero attached hydrogens (tertiary/aromatic N) is 8. The number of carbonyl (C=O) groups excluding carboxylic acids is 10. The Kier molecular flexibility index (Phi) is 38.7. The number of carbonyl (C=O) groups is 12. The van der Waals surface area contributed by atoms with Gasteiger partial charge in [-0.1, -0.05) is 17.7 Å². The van der Waals surface area contributed by atoms with Crippen LogP contribution in [0.25, 0.3) is 0 Å². The monoisotopic (exact) mass is 2270 g/mol. The predicted molar refractivity (Wildman–Crippen MR) is 566 cm³/mol. The second kappa shape index (κ2) is 46.7. The summed E-state index contributed by atoms with van der Waals surface area (Å²) in [6, 6.07) is 8.96. The van der Waals surface area contributed by atoms with Crippen molar-refractivity contribution in [2.45, 2.75) is 298 Å². The third-order valence-electron chi connectivity index (χ3n) is 26.8. The maximum absolute atomic E-state index is 12.4. The maximum Gasteiger partial charge on any atom is 0.410 e. The summed E-state index contributed by atoms with van der Waals surface area (Å²) in [7, 11) is -6.53. The number of aliphatic hydroxyl groups is 1. The number of hydrogen-bond donors (Lipinski definition) is 4. The van der Waals surface area contributed by atoms with Crippen molar-refractivity contribution in [1.29, 1.82) is 5.26 Å². The zero-order chi connectivity index (χ0) is 112. The Morgan fingerprint density at radius 1 is 0.362 bits per heavy atom. The summed E-state index contributed by atoms with van der Waals surface area (Å²) in [5.74, 6) is 0.103. The molecule has 149 heavy (non-hydrogen) atoms. The van der Waals surface area contributed by atoms with Crippen molar-refractivity contribution in [2.24, 2.45) is 35.5 Å². The summed E-state index contributed by atoms with van der Waals surface area (Å²) < 4.78 is 128. The van der Waals surface area contributed by atoms with Gasteiger partial charge in [0.2, 0.25) is 0 Å². The fourth-order valence-corrected chi connectivity index (χ4v) is 34.7. The molecule has 16 aliphatic rings. The number of amides is 7. The second-order valence-electron chi connectivity index (χ2n) is 48.7. The molecule has 842 valence electrons. The number of methoxy groups -OCH3 is 3. The van der Waals surface area contributed by atoms with Crippen LogP contribution in [0, 0.1) is 53.8 Å². The first kappa shape index (κ1) is 124. The van der Waals surface area contributed by atoms with Gasteiger partial charge in [-0.3, -0.25) is 28.2 Å². The SMILES string of the molecule is CC(C)(C)OC(=O)N1CC2(CC(C#N)CS2)C1.CC(C)(C)OC(=O)N1CC2(CC(C(=O)O)CS2(=O)=O)C1.CC(C)(C)OC(=O)N1CC2(CC(C(=O)O)CS2)C1.CC(C)(C)OC(=O)N1CC2(CC(O)CS2)C1.COC(=O)C1CC2(CN(C(=O)OC(C)(C)C)C2)S(=O)(=O)C1.COC(=O)C1CSC2(C1)CN(C(=O)OC(C)(C)C)C2.COC(=O)C1CSC2(CNC2)C1.Cc1ccc(S(=O)(=O)OC2CSC3(C2)CN(C(=O)OC(C)(C)C)C3)cc1. The standard InChI is InChI=1S/C18H25NO5S2.C13H21NO6S.C13H21NO4S.C12H18N2O2S.C12H19NO6S.C12H19NO4S.C11H19NO3S.C8H13NO2S/c1-13-5-7-15(8-6-13)26(21,22)24-14-9-18(25-10-14)11-19(12-18)16(20)23-17(2,3)4;1-12(2,3)20-11(16)14-7-13(8-14)5-9(10(15)19-4)6-21(13,17)18;1-12(2,3)18-11(16)14-7-13(8-14)5-9(6-19-13)10(15)17-4;1-11(2,3)16-10(15)14-7-12(8-14)4-9(5-13)6-17-12;1-11(2,3)19-10(16)13-6-12(7-13)4-8(9(14)15)5-20(12,17)18;1-11(2,3)17-10(16)13-6-12(7-13)4-8(5-18-12)9(14)15;1-10(2,3)15-9(14)12-6-11(7-12)4-8(13)5-16-11;1-11-7(10)6-2-8(12-3-6)4-9-5-8/h5-8,14H,9-12H2,1-4H3;9H,5-8H2,1-4H3;9H,5-8H2,1-4H3;9H,4,6-8H2,1-3H3;8H,4-7H2,1-3H3,(H,14,15);8H,4-7H2,1-3H3,(H,14,15);8,13H,4-7H2,1-3H3;6,9H,2-5H2,1H3. The minimum atomic E-state index is -3.77. The third kappa shape index (κ3) is 33.0. The molecule has 17 rings (SSSR count). The van der Waals surface area contributed by atoms with E-state index in [2.05, 4.69) is 16.1 Å². The summed E-state index contributed by atoms with van der Waals surface area (Å²) in [6.07, 6.45) is 2.06. The fourth-order valence-electron chi connectivity index (χ4n) is 19.6. The van der Waals surface area contributed by atoms with Gasteiger partial charge in [-0.2, -0.15) is 60.7 Å². The van der Waals surface area contributed by atoms with Crippen LogP contribution in [0.1, 0.15) is 202 Å². The Morgan fingerprint density at radius 3 is 0.913 bits per heavy atom. The molecule has 0 saturated carbocycles. The van der Waals surface area contributed by atoms with Gasteiger partial charge in [0.1, 0.15) is 48.7 Å². The summed E-state index contributed by atoms with van der Waals surface area (Å²) in [6.45, 7) is 49.1. The van der Waals surface area contributed by atoms with E-state index in [9.17, 15) is 87.9 Å². The number of esters is 3. The van der Waals surface area contributed by atoms with Crippen molar-refractivity contribution in [1.82, 2.24) is 39.6 Å². The summed E-state index contributed by atoms with van der Waals surface area (Å²) >= 11 is 10.7. The van der Waals surface area contributed by atoms with Gasteiger partial charge in [0.05, 0.1) is 115 Å². The average Bonchev–Trinajstić information content (AvgIpc) is 1.57. The number of hydrogen-bond acceptors (Lipinski definition) is 38. The molecule has 0 aliphatic carbocycles. The first-order valence-electron chi connectivity index (χ1n) is 49.9. The lowest BCUT2D eigenvalue weighted by Crippen LogP contribution is -2.66. The molecule has 4 N–H and O–H groups in total. The van der Waals surface area contributed by atoms with Gasteiger partial charge in [0, 0.05) is 144 Å². The number of aryl methyl sites for hydroxylation is 1. The molecule has 41 nitrogen and oxygen atoms in total. The van der Waals surface area contributed by atoms with E-state index in [1.54, 1.807) is 137 Å². The van der Waals surface area contributed by atoms with Crippen LogP contribution < -0.4 is 5.32 Å². The van der Waals surface area contributed by atoms with Gasteiger partial charge in [-0.15, -0.1) is 23.5 Å². The van der Waals surface area contributed by atoms with Crippen LogP contribution in [0.2, 0.25) is 0 Å². The molecule has 7 amide bonds. The van der Waals surface area contributed by atoms with Gasteiger partial charge < -0.3 is 102 Å². The van der Waals surface area contributed by atoms with Crippen LogP contribution in [0.5, 0.6) is 0 Å². The molecule has 0 bridgehead atoms. The lowest BCUT2D eigenvalue weighted by atomic mass is 9.89. The van der Waals surface area contributed by atoms with E-state index in [1.165, 1.54) is 31.1 Å². The van der Waals surface area contributed by atoms with E-state index >= 15 is 0 Å². The summed E-state index contributed by atoms with van der Waals surface area (Å²) in [4.78, 5) is 150. The van der Waals surface area contributed by atoms with Crippen molar-refractivity contribution in [3.05, 3.63) is 29.8 Å². The number of ether oxygens (including phenoxy) is 10. The molecule has 16 aliphatic heterocycles. The fraction of sp³-hybridized carbons (Fsp3) is 0.808. The Hall–Kier alpha value is -7.22. The van der Waals surface area contributed by atoms with E-state index in [-0.39, 0.29) is 157 Å². The van der Waals surface area contributed by atoms with E-state index < -0.39 is 120 Å². The molecular formula is C99H155N9O32S9. The number of carboxylic acids is 2. The van der Waals surface area contributed by atoms with Crippen LogP contribution in [0.4, 0.5) is 33.6 Å². The molecule has 16 saturated heterocycles. The van der Waals surface area contributed by atoms with Crippen molar-refractivity contribution < 1.29 is 150 Å². The van der Waals surface area contributed by atoms with Crippen LogP contribution in [-0.4, -0.2) is 409 Å². The van der Waals surface area contributed by atoms with Crippen molar-refractivity contribution in [3.63, 3.8) is 0 Å². The highest BCUT2D eigenvalue weighted by Crippen LogP contribution is 2.54. The maximum atomic E-state index is 12.4. The highest BCUT2D eigenvalue weighted by Gasteiger charge is 2.65. The lowest BCUT2D eigenvalue weighted by molar-refractivity contribution is -0.145. The third-order valence-corrected chi connectivity index (χ3v) is 43.0. The predicted octanol–water partition coefficient (Wildman–Crippen LogP) is 12.0. The van der Waals surface area contributed by atoms with Crippen molar-refractivity contribution in [3.8, 4) is 6.07 Å². The Bertz CT molecular complexity index is 5420. The number of rotatable bonds is 8. The molecule has 0 aromatic heterocycles. The Balaban J connectivity index is 0.000000175. The second-order valence-corrected chi connectivity index (χ2v) is 64.0. The number of thioether (sulfide) groups is 6. The summed E-state index contributed by atoms with van der Waals surface area (Å²) in [5.41, 5.74) is -2.59. The van der Waals surface area contributed by atoms with Gasteiger partial charge in [0.15, 0.2) is 19.7 Å². The van der Waals surface area contributed by atoms with Crippen molar-refractivity contribution in [2.75, 3.05) is 172 Å². The minimum Gasteiger partial charge on any atom is -0.481 e. The quantitative estimate of drug-likeness (QED) is 0.107. The van der Waals surface area contributed by atoms with E-state index in [0.717, 1.165) is 80.4 Å². The number of aliphatic hydroxyl groups excluding tert-OH is 1. The number of carboxylic acid groups (broad SMARTS) is 2. The number of benzene rings is 1. The first-order chi connectivity index (χ1) is 68.3. The number of nitriles is 1. The van der Waals surface area contributed by atoms with Gasteiger partial charge in [-0.25, -0.2) is 50.4 Å². The van der Waals surface area contributed by atoms with Crippen LogP contribution in [0.15, 0.2) is 29.2 Å². The van der Waals surface area contributed by atoms with Gasteiger partial charge >= 0.3 is 72.5 Å². The average molecular weight is 2270 g/mol. The molecule has 1 aromatic rings.